The number of anilines is 1. The lowest BCUT2D eigenvalue weighted by atomic mass is 9.83. The third-order valence-electron chi connectivity index (χ3n) is 19.6. The second-order valence-electron chi connectivity index (χ2n) is 28.1. The average molecular weight is 1440 g/mol. The van der Waals surface area contributed by atoms with Crippen molar-refractivity contribution in [1.82, 2.24) is 40.0 Å². The molecule has 2 aliphatic heterocycles. The smallest absolute Gasteiger partial charge is 0.410 e. The second kappa shape index (κ2) is 42.6. The number of rotatable bonds is 42. The number of likely N-dealkylation sites (N-methyl/N-ethyl adjacent to an activating group) is 2. The van der Waals surface area contributed by atoms with E-state index >= 15 is 0 Å². The van der Waals surface area contributed by atoms with Gasteiger partial charge in [0.1, 0.15) is 12.4 Å². The number of nitrogens with two attached hydrogens (primary N) is 1. The summed E-state index contributed by atoms with van der Waals surface area (Å²) in [5.74, 6) is -7.36. The lowest BCUT2D eigenvalue weighted by Crippen LogP contribution is -2.59. The Morgan fingerprint density at radius 1 is 0.725 bits per heavy atom. The predicted molar refractivity (Wildman–Crippen MR) is 390 cm³/mol. The molecule has 2 fully saturated rings. The average Bonchev–Trinajstić information content (AvgIpc) is 1.43. The van der Waals surface area contributed by atoms with Crippen molar-refractivity contribution < 1.29 is 76.9 Å². The number of hydrogen-bond donors (Lipinski definition) is 5. The molecule has 0 unspecified atom stereocenters. The highest BCUT2D eigenvalue weighted by Crippen LogP contribution is 2.34. The van der Waals surface area contributed by atoms with E-state index in [0.717, 1.165) is 29.5 Å². The summed E-state index contributed by atoms with van der Waals surface area (Å²) in [6.45, 7) is 25.7. The maximum atomic E-state index is 14.9. The summed E-state index contributed by atoms with van der Waals surface area (Å²) in [7, 11) is 6.21. The van der Waals surface area contributed by atoms with E-state index in [2.05, 4.69) is 29.1 Å². The van der Waals surface area contributed by atoms with Crippen LogP contribution in [0.1, 0.15) is 151 Å². The third kappa shape index (κ3) is 25.4. The Bertz CT molecular complexity index is 3140. The van der Waals surface area contributed by atoms with Crippen molar-refractivity contribution in [3.05, 3.63) is 91.0 Å². The molecule has 102 heavy (non-hydrogen) atoms. The first kappa shape index (κ1) is 86.4. The maximum absolute atomic E-state index is 14.9. The first-order valence-corrected chi connectivity index (χ1v) is 36.6. The second-order valence-corrected chi connectivity index (χ2v) is 29.2. The molecule has 2 aromatic carbocycles. The van der Waals surface area contributed by atoms with Gasteiger partial charge in [-0.25, -0.2) is 9.59 Å². The Morgan fingerprint density at radius 2 is 1.34 bits per heavy atom. The highest BCUT2D eigenvalue weighted by Gasteiger charge is 2.44. The molecule has 566 valence electrons. The lowest BCUT2D eigenvalue weighted by molar-refractivity contribution is -0.154. The molecular formula is C75H114N10O16S. The number of Topliss-reactive ketones (excluding diaryl/α,β-unsaturated/α-hetero) is 3. The molecule has 27 heteroatoms. The van der Waals surface area contributed by atoms with Gasteiger partial charge in [0.05, 0.1) is 74.7 Å². The number of aliphatic hydroxyl groups excluding tert-OH is 1. The highest BCUT2D eigenvalue weighted by atomic mass is 32.2. The predicted octanol–water partition coefficient (Wildman–Crippen LogP) is 7.73. The van der Waals surface area contributed by atoms with Crippen molar-refractivity contribution in [3.63, 3.8) is 0 Å². The SMILES string of the molecule is C=CC(=O)N1CN(C(=O)C=C)CN(C(=O)CCSCC(=O)N[C@H](C(=O)C[C@@H](CCCNC(N)=O)C(=O)Nc2ccc(COC(=O)N(C)[C@H](C(=O)C[C@H](C(=O)N(C)[C@@H]([C@@H](C)CC)[C@@H](CC(=O)N3CCC[C@H]3[C@H](OC)[C@@H](C)C(=O)C[C@H](C)[C@@H](O)c3ccccc3)OC)C(C)C)C(C)C)cc2)C(C)C)C1. The number of likely N-dealkylation sites (tertiary alicyclic amines) is 1. The minimum Gasteiger partial charge on any atom is -0.445 e. The summed E-state index contributed by atoms with van der Waals surface area (Å²) in [4.78, 5) is 171. The Labute approximate surface area is 607 Å². The van der Waals surface area contributed by atoms with Crippen molar-refractivity contribution >= 4 is 88.3 Å². The molecule has 2 aliphatic rings. The number of carbonyl (C=O) groups excluding carboxylic acids is 12. The first-order valence-electron chi connectivity index (χ1n) is 35.5. The number of ketones is 3. The molecule has 12 atom stereocenters. The van der Waals surface area contributed by atoms with Gasteiger partial charge in [-0.15, -0.1) is 0 Å². The molecule has 0 spiro atoms. The molecule has 6 N–H and O–H groups in total. The van der Waals surface area contributed by atoms with Crippen LogP contribution in [0, 0.1) is 47.3 Å². The largest absolute Gasteiger partial charge is 0.445 e. The number of urea groups is 1. The van der Waals surface area contributed by atoms with E-state index in [-0.39, 0.29) is 143 Å². The van der Waals surface area contributed by atoms with Crippen molar-refractivity contribution in [1.29, 1.82) is 0 Å². The van der Waals surface area contributed by atoms with Gasteiger partial charge >= 0.3 is 12.1 Å². The number of nitrogens with zero attached hydrogens (tertiary/aromatic N) is 6. The van der Waals surface area contributed by atoms with Gasteiger partial charge in [0.15, 0.2) is 11.6 Å². The zero-order chi connectivity index (χ0) is 76.2. The van der Waals surface area contributed by atoms with Crippen LogP contribution in [-0.2, 0) is 68.8 Å². The van der Waals surface area contributed by atoms with Crippen LogP contribution in [0.25, 0.3) is 0 Å². The Morgan fingerprint density at radius 3 is 1.89 bits per heavy atom. The van der Waals surface area contributed by atoms with E-state index in [1.807, 2.05) is 71.9 Å². The zero-order valence-electron chi connectivity index (χ0n) is 62.4. The quantitative estimate of drug-likeness (QED) is 0.0313. The number of aliphatic hydroxyl groups is 1. The van der Waals surface area contributed by atoms with Crippen molar-refractivity contribution in [3.8, 4) is 0 Å². The van der Waals surface area contributed by atoms with Gasteiger partial charge < -0.3 is 70.4 Å². The topological polar surface area (TPSA) is 334 Å². The van der Waals surface area contributed by atoms with Gasteiger partial charge in [0, 0.05) is 96.3 Å². The fourth-order valence-electron chi connectivity index (χ4n) is 13.5. The molecule has 10 amide bonds. The van der Waals surface area contributed by atoms with Crippen LogP contribution in [0.3, 0.4) is 0 Å². The number of nitrogens with one attached hydrogen (secondary N) is 3. The van der Waals surface area contributed by atoms with Crippen LogP contribution in [0.15, 0.2) is 79.9 Å². The van der Waals surface area contributed by atoms with E-state index in [1.165, 1.54) is 33.8 Å². The van der Waals surface area contributed by atoms with E-state index < -0.39 is 108 Å². The molecule has 0 aliphatic carbocycles. The normalized spacial score (nSPS) is 17.2. The molecule has 0 aromatic heterocycles. The van der Waals surface area contributed by atoms with Gasteiger partial charge in [-0.1, -0.05) is 131 Å². The summed E-state index contributed by atoms with van der Waals surface area (Å²) >= 11 is 1.16. The molecule has 2 saturated heterocycles. The fourth-order valence-corrected chi connectivity index (χ4v) is 14.2. The lowest BCUT2D eigenvalue weighted by Gasteiger charge is -2.41. The minimum atomic E-state index is -0.982. The Hall–Kier alpha value is -8.01. The fraction of sp³-hybridized carbons (Fsp3) is 0.627. The van der Waals surface area contributed by atoms with Crippen molar-refractivity contribution in [2.45, 2.75) is 183 Å². The van der Waals surface area contributed by atoms with Gasteiger partial charge in [0.2, 0.25) is 41.4 Å². The molecule has 26 nitrogen and oxygen atoms in total. The van der Waals surface area contributed by atoms with Crippen LogP contribution < -0.4 is 21.7 Å². The van der Waals surface area contributed by atoms with Crippen LogP contribution >= 0.6 is 11.8 Å². The Kier molecular flexibility index (Phi) is 36.0. The summed E-state index contributed by atoms with van der Waals surface area (Å²) in [6.07, 6.45) is 1.22. The summed E-state index contributed by atoms with van der Waals surface area (Å²) in [5.41, 5.74) is 6.91. The highest BCUT2D eigenvalue weighted by molar-refractivity contribution is 7.99. The van der Waals surface area contributed by atoms with Crippen LogP contribution in [-0.4, -0.2) is 215 Å². The molecule has 2 aromatic rings. The van der Waals surface area contributed by atoms with Crippen LogP contribution in [0.2, 0.25) is 0 Å². The van der Waals surface area contributed by atoms with E-state index in [0.29, 0.717) is 37.1 Å². The van der Waals surface area contributed by atoms with Gasteiger partial charge in [0.25, 0.3) is 0 Å². The van der Waals surface area contributed by atoms with Gasteiger partial charge in [-0.2, -0.15) is 11.8 Å². The number of methoxy groups -OCH3 is 2. The van der Waals surface area contributed by atoms with Crippen molar-refractivity contribution in [2.24, 2.45) is 53.1 Å². The number of amides is 10. The maximum Gasteiger partial charge on any atom is 0.410 e. The summed E-state index contributed by atoms with van der Waals surface area (Å²) in [6, 6.07) is 12.0. The standard InChI is InChI=1S/C75H114N10O16S/c1-17-49(10)69(61(99-15)40-66(93)85-35-24-28-57(85)71(100-16)51(12)58(86)37-50(11)70(94)53-25-21-20-22-26-53)80(13)73(96)56(46(4)5)39-60(88)68(48(8)9)81(14)75(98)101-41-52-29-31-55(32-30-52)78-72(95)54(27-23-34-77-74(76)97)38-59(87)67(47(6)7)79-62(89)42-102-36-33-65(92)84-44-82(63(90)18-2)43-83(45-84)64(91)19-3/h18-22,25-26,29-32,46-51,54,56-57,61,67-71,94H,2-3,17,23-24,27-28,33-45H2,1,4-16H3,(H,78,95)(H,79,89)(H3,76,77,97)/t49-,50-,51-,54+,56-,57-,61+,67-,68-,69-,70+,71+/m0/s1. The number of primary amides is 1. The molecule has 0 bridgehead atoms. The molecule has 0 saturated carbocycles. The minimum absolute atomic E-state index is 0.0100. The van der Waals surface area contributed by atoms with E-state index in [4.69, 9.17) is 19.9 Å². The van der Waals surface area contributed by atoms with Crippen LogP contribution in [0.5, 0.6) is 0 Å². The number of carbonyl (C=O) groups is 12. The van der Waals surface area contributed by atoms with Crippen LogP contribution in [0.4, 0.5) is 15.3 Å². The number of thioether (sulfide) groups is 1. The van der Waals surface area contributed by atoms with E-state index in [9.17, 15) is 62.6 Å². The number of ether oxygens (including phenoxy) is 3. The molecular weight excluding hydrogens is 1330 g/mol. The number of benzene rings is 2. The molecule has 2 heterocycles. The third-order valence-corrected chi connectivity index (χ3v) is 20.5. The van der Waals surface area contributed by atoms with Gasteiger partial charge in [-0.05, 0) is 90.7 Å². The van der Waals surface area contributed by atoms with E-state index in [1.54, 1.807) is 75.9 Å². The monoisotopic (exact) mass is 1440 g/mol. The molecule has 0 radical (unpaired) electrons. The Balaban J connectivity index is 1.37. The van der Waals surface area contributed by atoms with Crippen molar-refractivity contribution in [2.75, 3.05) is 78.2 Å². The summed E-state index contributed by atoms with van der Waals surface area (Å²) < 4.78 is 17.9. The summed E-state index contributed by atoms with van der Waals surface area (Å²) in [5, 5.41) is 19.2. The van der Waals surface area contributed by atoms with Gasteiger partial charge in [-0.3, -0.25) is 47.9 Å². The first-order chi connectivity index (χ1) is 48.2. The number of hydrogen-bond acceptors (Lipinski definition) is 17. The zero-order valence-corrected chi connectivity index (χ0v) is 63.2. The molecule has 4 rings (SSSR count).